The van der Waals surface area contributed by atoms with Crippen LogP contribution in [0.1, 0.15) is 11.1 Å². The maximum absolute atomic E-state index is 13.6. The molecule has 5 N–H and O–H groups in total. The van der Waals surface area contributed by atoms with Crippen molar-refractivity contribution < 1.29 is 50.9 Å². The van der Waals surface area contributed by atoms with Gasteiger partial charge in [-0.25, -0.2) is 9.59 Å². The van der Waals surface area contributed by atoms with Gasteiger partial charge in [-0.1, -0.05) is 84.9 Å². The molecule has 0 aliphatic heterocycles. The molecule has 4 aromatic rings. The topological polar surface area (TPSA) is 133 Å². The Labute approximate surface area is 266 Å². The molecule has 1 amide bonds. The van der Waals surface area contributed by atoms with Crippen molar-refractivity contribution in [3.05, 3.63) is 96.1 Å². The number of carbonyl (C=O) groups is 3. The van der Waals surface area contributed by atoms with Crippen molar-refractivity contribution in [1.82, 2.24) is 10.2 Å². The molecule has 47 heavy (non-hydrogen) atoms. The Hall–Kier alpha value is -4.69. The summed E-state index contributed by atoms with van der Waals surface area (Å²) in [5.74, 6) is -5.49. The molecule has 0 fully saturated rings. The number of carbonyl (C=O) groups excluding carboxylic acids is 1. The molecule has 0 saturated heterocycles. The first-order valence-corrected chi connectivity index (χ1v) is 14.1. The number of fused-ring (bicyclic) bond motifs is 2. The van der Waals surface area contributed by atoms with Crippen molar-refractivity contribution in [2.75, 3.05) is 33.7 Å². The summed E-state index contributed by atoms with van der Waals surface area (Å²) in [6.45, 7) is 1.67. The minimum absolute atomic E-state index is 0.0215. The predicted molar refractivity (Wildman–Crippen MR) is 166 cm³/mol. The van der Waals surface area contributed by atoms with Gasteiger partial charge in [0.15, 0.2) is 0 Å². The van der Waals surface area contributed by atoms with Crippen LogP contribution in [0.25, 0.3) is 21.5 Å². The number of rotatable bonds is 9. The fourth-order valence-electron chi connectivity index (χ4n) is 4.52. The van der Waals surface area contributed by atoms with Gasteiger partial charge in [-0.05, 0) is 59.6 Å². The monoisotopic (exact) mass is 667 g/mol. The second-order valence-electron chi connectivity index (χ2n) is 10.9. The SMILES string of the molecule is CN(C)CCNC(=O)C(CN)(Cc1ccc2ccccc2c1)Cc1ccc2ccccc2c1.O=C(O)C(F)(F)F.O=C(O)C(F)(F)F. The van der Waals surface area contributed by atoms with Crippen LogP contribution in [0.5, 0.6) is 0 Å². The molecule has 14 heteroatoms. The van der Waals surface area contributed by atoms with Gasteiger partial charge in [0.05, 0.1) is 5.41 Å². The quantitative estimate of drug-likeness (QED) is 0.169. The Morgan fingerprint density at radius 1 is 0.681 bits per heavy atom. The van der Waals surface area contributed by atoms with E-state index in [-0.39, 0.29) is 12.5 Å². The van der Waals surface area contributed by atoms with Gasteiger partial charge in [0, 0.05) is 19.6 Å². The Morgan fingerprint density at radius 2 is 1.04 bits per heavy atom. The van der Waals surface area contributed by atoms with Gasteiger partial charge in [-0.3, -0.25) is 4.79 Å². The van der Waals surface area contributed by atoms with Crippen LogP contribution in [-0.4, -0.2) is 79.0 Å². The Morgan fingerprint density at radius 3 is 1.36 bits per heavy atom. The van der Waals surface area contributed by atoms with E-state index in [1.807, 2.05) is 38.4 Å². The number of aliphatic carboxylic acids is 2. The fourth-order valence-corrected chi connectivity index (χ4v) is 4.52. The number of halogens is 6. The highest BCUT2D eigenvalue weighted by Gasteiger charge is 2.39. The van der Waals surface area contributed by atoms with Crippen molar-refractivity contribution in [2.24, 2.45) is 11.1 Å². The van der Waals surface area contributed by atoms with E-state index in [1.165, 1.54) is 21.5 Å². The highest BCUT2D eigenvalue weighted by Crippen LogP contribution is 2.30. The Bertz CT molecular complexity index is 1550. The molecule has 0 bridgehead atoms. The summed E-state index contributed by atoms with van der Waals surface area (Å²) in [5, 5.41) is 22.2. The van der Waals surface area contributed by atoms with Gasteiger partial charge in [-0.2, -0.15) is 26.3 Å². The molecule has 8 nitrogen and oxygen atoms in total. The van der Waals surface area contributed by atoms with E-state index >= 15 is 0 Å². The molecule has 0 atom stereocenters. The van der Waals surface area contributed by atoms with Crippen LogP contribution in [0, 0.1) is 5.41 Å². The molecule has 0 unspecified atom stereocenters. The number of alkyl halides is 6. The van der Waals surface area contributed by atoms with Crippen LogP contribution in [-0.2, 0) is 27.2 Å². The van der Waals surface area contributed by atoms with Crippen LogP contribution in [0.3, 0.4) is 0 Å². The highest BCUT2D eigenvalue weighted by molar-refractivity contribution is 5.86. The summed E-state index contributed by atoms with van der Waals surface area (Å²) in [6, 6.07) is 29.5. The minimum Gasteiger partial charge on any atom is -0.475 e. The standard InChI is InChI=1S/C29H33N3O.2C2HF3O2/c1-32(2)16-15-31-28(33)29(21-30,19-22-11-13-24-7-3-5-9-26(24)17-22)20-23-12-14-25-8-4-6-10-27(25)18-23;2*3-2(4,5)1(6)7/h3-14,17-18H,15-16,19-21,30H2,1-2H3,(H,31,33);2*(H,6,7). The summed E-state index contributed by atoms with van der Waals surface area (Å²) in [5.41, 5.74) is 7.92. The van der Waals surface area contributed by atoms with Crippen LogP contribution < -0.4 is 11.1 Å². The van der Waals surface area contributed by atoms with E-state index in [0.717, 1.165) is 17.7 Å². The van der Waals surface area contributed by atoms with Crippen LogP contribution in [0.2, 0.25) is 0 Å². The van der Waals surface area contributed by atoms with Crippen LogP contribution in [0.4, 0.5) is 26.3 Å². The zero-order chi connectivity index (χ0) is 35.4. The van der Waals surface area contributed by atoms with Crippen molar-refractivity contribution in [2.45, 2.75) is 25.2 Å². The smallest absolute Gasteiger partial charge is 0.475 e. The maximum Gasteiger partial charge on any atom is 0.490 e. The van der Waals surface area contributed by atoms with Gasteiger partial charge < -0.3 is 26.2 Å². The number of nitrogens with zero attached hydrogens (tertiary/aromatic N) is 1. The van der Waals surface area contributed by atoms with Crippen molar-refractivity contribution >= 4 is 39.4 Å². The molecule has 254 valence electrons. The highest BCUT2D eigenvalue weighted by atomic mass is 19.4. The average Bonchev–Trinajstić information content (AvgIpc) is 3.00. The number of hydrogen-bond donors (Lipinski definition) is 4. The molecule has 0 radical (unpaired) electrons. The van der Waals surface area contributed by atoms with E-state index in [1.54, 1.807) is 0 Å². The van der Waals surface area contributed by atoms with E-state index in [2.05, 4.69) is 70.9 Å². The molecule has 0 aliphatic carbocycles. The summed E-state index contributed by atoms with van der Waals surface area (Å²) >= 11 is 0. The third-order valence-corrected chi connectivity index (χ3v) is 6.91. The number of hydrogen-bond acceptors (Lipinski definition) is 5. The first-order valence-electron chi connectivity index (χ1n) is 14.1. The Kier molecular flexibility index (Phi) is 13.7. The summed E-state index contributed by atoms with van der Waals surface area (Å²) in [7, 11) is 4.01. The molecule has 0 spiro atoms. The molecule has 4 aromatic carbocycles. The van der Waals surface area contributed by atoms with Crippen molar-refractivity contribution in [3.8, 4) is 0 Å². The van der Waals surface area contributed by atoms with Crippen LogP contribution >= 0.6 is 0 Å². The lowest BCUT2D eigenvalue weighted by molar-refractivity contribution is -0.193. The number of nitrogens with two attached hydrogens (primary N) is 1. The molecule has 0 aliphatic rings. The molecule has 4 rings (SSSR count). The number of carboxylic acids is 2. The third kappa shape index (κ3) is 12.2. The molecular weight excluding hydrogens is 632 g/mol. The zero-order valence-corrected chi connectivity index (χ0v) is 25.5. The van der Waals surface area contributed by atoms with Gasteiger partial charge in [0.25, 0.3) is 0 Å². The van der Waals surface area contributed by atoms with Crippen molar-refractivity contribution in [3.63, 3.8) is 0 Å². The van der Waals surface area contributed by atoms with Gasteiger partial charge in [0.2, 0.25) is 5.91 Å². The molecule has 0 aromatic heterocycles. The van der Waals surface area contributed by atoms with Crippen LogP contribution in [0.15, 0.2) is 84.9 Å². The lowest BCUT2D eigenvalue weighted by Crippen LogP contribution is -2.50. The van der Waals surface area contributed by atoms with E-state index in [0.29, 0.717) is 19.4 Å². The predicted octanol–water partition coefficient (Wildman–Crippen LogP) is 5.67. The molecule has 0 saturated carbocycles. The lowest BCUT2D eigenvalue weighted by atomic mass is 9.75. The largest absolute Gasteiger partial charge is 0.490 e. The fraction of sp³-hybridized carbons (Fsp3) is 0.303. The van der Waals surface area contributed by atoms with E-state index in [4.69, 9.17) is 25.5 Å². The lowest BCUT2D eigenvalue weighted by Gasteiger charge is -2.32. The van der Waals surface area contributed by atoms with Gasteiger partial charge in [0.1, 0.15) is 0 Å². The minimum atomic E-state index is -5.08. The van der Waals surface area contributed by atoms with E-state index < -0.39 is 29.7 Å². The summed E-state index contributed by atoms with van der Waals surface area (Å²) in [4.78, 5) is 33.5. The number of carboxylic acid groups (broad SMARTS) is 2. The average molecular weight is 668 g/mol. The first kappa shape index (κ1) is 38.5. The number of nitrogens with one attached hydrogen (secondary N) is 1. The van der Waals surface area contributed by atoms with E-state index in [9.17, 15) is 31.1 Å². The number of likely N-dealkylation sites (N-methyl/N-ethyl adjacent to an activating group) is 1. The number of amides is 1. The zero-order valence-electron chi connectivity index (χ0n) is 25.5. The molecule has 0 heterocycles. The van der Waals surface area contributed by atoms with Crippen molar-refractivity contribution in [1.29, 1.82) is 0 Å². The first-order chi connectivity index (χ1) is 21.9. The molecular formula is C33H35F6N3O5. The summed E-state index contributed by atoms with van der Waals surface area (Å²) in [6.07, 6.45) is -8.98. The normalized spacial score (nSPS) is 11.7. The number of benzene rings is 4. The maximum atomic E-state index is 13.6. The van der Waals surface area contributed by atoms with Gasteiger partial charge in [-0.15, -0.1) is 0 Å². The van der Waals surface area contributed by atoms with Gasteiger partial charge >= 0.3 is 24.3 Å². The third-order valence-electron chi connectivity index (χ3n) is 6.91. The summed E-state index contributed by atoms with van der Waals surface area (Å²) < 4.78 is 63.5. The second-order valence-corrected chi connectivity index (χ2v) is 10.9. The Balaban J connectivity index is 0.000000459. The second kappa shape index (κ2) is 16.7.